The van der Waals surface area contributed by atoms with Gasteiger partial charge in [0, 0.05) is 0 Å². The van der Waals surface area contributed by atoms with Gasteiger partial charge >= 0.3 is 11.6 Å². The van der Waals surface area contributed by atoms with E-state index >= 15 is 0 Å². The normalized spacial score (nSPS) is 15.1. The summed E-state index contributed by atoms with van der Waals surface area (Å²) in [7, 11) is -6.11. The molecule has 0 radical (unpaired) electrons. The Kier molecular flexibility index (Phi) is 12.1. The number of nitrogens with one attached hydrogen (secondary N) is 1. The minimum absolute atomic E-state index is 0.0788. The van der Waals surface area contributed by atoms with Gasteiger partial charge in [-0.25, -0.2) is 13.2 Å². The van der Waals surface area contributed by atoms with E-state index in [4.69, 9.17) is 22.1 Å². The van der Waals surface area contributed by atoms with Gasteiger partial charge in [0.2, 0.25) is 0 Å². The minimum Gasteiger partial charge on any atom is -0.741 e. The first-order chi connectivity index (χ1) is 15.8. The topological polar surface area (TPSA) is 109 Å². The second-order valence-electron chi connectivity index (χ2n) is 11.4. The summed E-state index contributed by atoms with van der Waals surface area (Å²) in [5.74, 6) is 0.413. The van der Waals surface area contributed by atoms with Crippen LogP contribution < -0.4 is 9.88 Å². The van der Waals surface area contributed by atoms with Gasteiger partial charge in [-0.2, -0.15) is 17.7 Å². The highest BCUT2D eigenvalue weighted by Gasteiger charge is 2.44. The number of halogens is 3. The van der Waals surface area contributed by atoms with E-state index in [1.807, 2.05) is 34.0 Å². The first-order valence-electron chi connectivity index (χ1n) is 11.4. The van der Waals surface area contributed by atoms with Crippen molar-refractivity contribution in [3.05, 3.63) is 16.6 Å². The third-order valence-corrected chi connectivity index (χ3v) is 11.4. The van der Waals surface area contributed by atoms with E-state index in [0.717, 1.165) is 11.4 Å². The van der Waals surface area contributed by atoms with Crippen LogP contribution in [0.1, 0.15) is 72.9 Å². The molecule has 0 saturated carbocycles. The molecule has 1 heterocycles. The Morgan fingerprint density at radius 3 is 1.94 bits per heavy atom. The summed E-state index contributed by atoms with van der Waals surface area (Å²) in [4.78, 5) is 12.6. The predicted octanol–water partition coefficient (Wildman–Crippen LogP) is 5.63. The minimum atomic E-state index is -6.09. The zero-order valence-electron chi connectivity index (χ0n) is 22.9. The van der Waals surface area contributed by atoms with Gasteiger partial charge in [-0.3, -0.25) is 0 Å². The molecule has 0 saturated heterocycles. The fourth-order valence-electron chi connectivity index (χ4n) is 2.64. The van der Waals surface area contributed by atoms with Crippen molar-refractivity contribution in [1.29, 1.82) is 0 Å². The van der Waals surface area contributed by atoms with Crippen LogP contribution in [0.4, 0.5) is 18.0 Å². The summed E-state index contributed by atoms with van der Waals surface area (Å²) in [5, 5.41) is 6.39. The molecule has 0 bridgehead atoms. The highest BCUT2D eigenvalue weighted by molar-refractivity contribution is 7.86. The summed E-state index contributed by atoms with van der Waals surface area (Å²) in [6.07, 6.45) is 2.26. The lowest BCUT2D eigenvalue weighted by Crippen LogP contribution is -2.51. The van der Waals surface area contributed by atoms with Gasteiger partial charge in [0.1, 0.15) is 12.6 Å². The number of thiazole rings is 1. The summed E-state index contributed by atoms with van der Waals surface area (Å²) in [5.41, 5.74) is -6.18. The molecule has 1 N–H and O–H groups in total. The SMILES string of the molecule is CC(C)C[C@H](NC(=O)OC(C)(C)C)[C@@H](O[Si](C)(C)C(C)(C)C)c1scc[n+]1C.O=S(=O)([O-])C(F)(F)F. The quantitative estimate of drug-likeness (QED) is 0.195. The average molecular weight is 579 g/mol. The van der Waals surface area contributed by atoms with Crippen molar-refractivity contribution in [3.63, 3.8) is 0 Å². The molecule has 2 atom stereocenters. The Balaban J connectivity index is 0.00000131. The second kappa shape index (κ2) is 12.5. The Hall–Kier alpha value is -1.22. The van der Waals surface area contributed by atoms with Gasteiger partial charge in [-0.1, -0.05) is 46.0 Å². The van der Waals surface area contributed by atoms with Gasteiger partial charge in [0.15, 0.2) is 30.7 Å². The molecular formula is C22H41F3N2O6S2Si. The molecule has 8 nitrogen and oxygen atoms in total. The maximum absolute atomic E-state index is 12.6. The lowest BCUT2D eigenvalue weighted by molar-refractivity contribution is -0.677. The lowest BCUT2D eigenvalue weighted by Gasteiger charge is -2.40. The monoisotopic (exact) mass is 578 g/mol. The number of nitrogens with zero attached hydrogens (tertiary/aromatic N) is 1. The number of amides is 1. The number of alkyl carbamates (subject to hydrolysis) is 1. The molecule has 0 aromatic carbocycles. The standard InChI is InChI=1S/C21H40N2O3SSi.CHF3O3S/c1-15(2)14-16(22-19(24)25-20(3,4)5)17(18-23(9)12-13-27-18)26-28(10,11)21(6,7)8;2-1(3,4)8(5,6)7/h12-13,15-17H,14H2,1-11H3;(H,5,6,7)/t16-,17+;/m0./s1. The number of aromatic nitrogens is 1. The van der Waals surface area contributed by atoms with Gasteiger partial charge in [-0.05, 0) is 51.2 Å². The molecule has 36 heavy (non-hydrogen) atoms. The van der Waals surface area contributed by atoms with Gasteiger partial charge < -0.3 is 19.0 Å². The molecule has 0 aliphatic heterocycles. The summed E-state index contributed by atoms with van der Waals surface area (Å²) >= 11 is 1.67. The number of hydrogen-bond acceptors (Lipinski definition) is 7. The van der Waals surface area contributed by atoms with Crippen molar-refractivity contribution >= 4 is 35.9 Å². The molecule has 0 fully saturated rings. The third-order valence-electron chi connectivity index (χ3n) is 5.37. The van der Waals surface area contributed by atoms with Crippen LogP contribution in [-0.2, 0) is 26.3 Å². The van der Waals surface area contributed by atoms with Gasteiger partial charge in [-0.15, -0.1) is 0 Å². The zero-order valence-corrected chi connectivity index (χ0v) is 25.6. The van der Waals surface area contributed by atoms with Crippen LogP contribution in [0.15, 0.2) is 11.6 Å². The molecule has 0 unspecified atom stereocenters. The highest BCUT2D eigenvalue weighted by atomic mass is 32.2. The molecule has 1 rings (SSSR count). The average Bonchev–Trinajstić information content (AvgIpc) is 3.00. The van der Waals surface area contributed by atoms with Crippen LogP contribution in [-0.4, -0.2) is 44.5 Å². The van der Waals surface area contributed by atoms with Crippen LogP contribution in [0, 0.1) is 5.92 Å². The summed E-state index contributed by atoms with van der Waals surface area (Å²) < 4.78 is 73.4. The predicted molar refractivity (Wildman–Crippen MR) is 135 cm³/mol. The van der Waals surface area contributed by atoms with Crippen molar-refractivity contribution in [2.24, 2.45) is 13.0 Å². The number of hydrogen-bond donors (Lipinski definition) is 1. The van der Waals surface area contributed by atoms with Crippen LogP contribution in [0.5, 0.6) is 0 Å². The largest absolute Gasteiger partial charge is 0.741 e. The molecular weight excluding hydrogens is 537 g/mol. The summed E-state index contributed by atoms with van der Waals surface area (Å²) in [6, 6.07) is -0.158. The summed E-state index contributed by atoms with van der Waals surface area (Å²) in [6.45, 7) is 21.2. The fourth-order valence-corrected chi connectivity index (χ4v) is 4.95. The van der Waals surface area contributed by atoms with Crippen LogP contribution in [0.3, 0.4) is 0 Å². The Labute approximate surface area is 218 Å². The Morgan fingerprint density at radius 1 is 1.17 bits per heavy atom. The number of carbonyl (C=O) groups is 1. The lowest BCUT2D eigenvalue weighted by atomic mass is 9.99. The molecule has 0 aliphatic carbocycles. The van der Waals surface area contributed by atoms with Gasteiger partial charge in [0.05, 0.1) is 11.4 Å². The Bertz CT molecular complexity index is 952. The maximum atomic E-state index is 12.6. The smallest absolute Gasteiger partial charge is 0.485 e. The first-order valence-corrected chi connectivity index (χ1v) is 16.6. The van der Waals surface area contributed by atoms with Gasteiger partial charge in [0.25, 0.3) is 5.01 Å². The third kappa shape index (κ3) is 11.9. The van der Waals surface area contributed by atoms with Crippen LogP contribution in [0.25, 0.3) is 0 Å². The van der Waals surface area contributed by atoms with E-state index < -0.39 is 29.5 Å². The fraction of sp³-hybridized carbons (Fsp3) is 0.818. The molecule has 212 valence electrons. The molecule has 1 aromatic heterocycles. The van der Waals surface area contributed by atoms with Crippen molar-refractivity contribution in [1.82, 2.24) is 5.32 Å². The number of aryl methyl sites for hydroxylation is 1. The van der Waals surface area contributed by atoms with Crippen molar-refractivity contribution < 1.29 is 44.7 Å². The molecule has 0 spiro atoms. The maximum Gasteiger partial charge on any atom is 0.485 e. The molecule has 0 aliphatic rings. The number of carbonyl (C=O) groups excluding carboxylic acids is 1. The number of ether oxygens (including phenoxy) is 1. The second-order valence-corrected chi connectivity index (χ2v) is 18.5. The highest BCUT2D eigenvalue weighted by Crippen LogP contribution is 2.41. The van der Waals surface area contributed by atoms with E-state index in [0.29, 0.717) is 5.92 Å². The molecule has 1 amide bonds. The number of alkyl halides is 3. The van der Waals surface area contributed by atoms with E-state index in [1.54, 1.807) is 11.3 Å². The van der Waals surface area contributed by atoms with E-state index in [2.05, 4.69) is 63.0 Å². The van der Waals surface area contributed by atoms with E-state index in [-0.39, 0.29) is 23.3 Å². The zero-order chi connectivity index (χ0) is 28.9. The molecule has 14 heteroatoms. The van der Waals surface area contributed by atoms with Crippen molar-refractivity contribution in [3.8, 4) is 0 Å². The van der Waals surface area contributed by atoms with Crippen molar-refractivity contribution in [2.45, 2.75) is 103 Å². The van der Waals surface area contributed by atoms with E-state index in [1.165, 1.54) is 0 Å². The van der Waals surface area contributed by atoms with Crippen LogP contribution in [0.2, 0.25) is 18.1 Å². The Morgan fingerprint density at radius 2 is 1.64 bits per heavy atom. The number of rotatable bonds is 7. The van der Waals surface area contributed by atoms with Crippen molar-refractivity contribution in [2.75, 3.05) is 0 Å². The van der Waals surface area contributed by atoms with Crippen LogP contribution >= 0.6 is 11.3 Å². The first kappa shape index (κ1) is 34.8. The van der Waals surface area contributed by atoms with E-state index in [9.17, 15) is 18.0 Å². The molecule has 1 aromatic rings.